The molecule has 144 valence electrons. The van der Waals surface area contributed by atoms with Crippen LogP contribution in [0.4, 0.5) is 0 Å². The quantitative estimate of drug-likeness (QED) is 0.219. The summed E-state index contributed by atoms with van der Waals surface area (Å²) in [5, 5.41) is 1.70. The Morgan fingerprint density at radius 1 is 1.22 bits per heavy atom. The Hall–Kier alpha value is -0.923. The molecule has 1 aromatic carbocycles. The minimum Gasteiger partial charge on any atom is -0.361 e. The molecule has 0 fully saturated rings. The van der Waals surface area contributed by atoms with Crippen LogP contribution >= 0.6 is 39.1 Å². The summed E-state index contributed by atoms with van der Waals surface area (Å²) < 4.78 is 9.16. The van der Waals surface area contributed by atoms with Gasteiger partial charge in [0.2, 0.25) is 5.28 Å². The molecule has 0 N–H and O–H groups in total. The number of fused-ring (bicyclic) bond motifs is 1. The average molecular weight is 487 g/mol. The van der Waals surface area contributed by atoms with Gasteiger partial charge in [0.25, 0.3) is 0 Å². The molecule has 0 radical (unpaired) electrons. The normalized spacial score (nSPS) is 12.1. The molecule has 0 atom stereocenters. The number of halogens is 3. The first-order chi connectivity index (χ1) is 12.7. The zero-order valence-electron chi connectivity index (χ0n) is 15.8. The Kier molecular flexibility index (Phi) is 6.33. The zero-order chi connectivity index (χ0) is 19.8. The van der Waals surface area contributed by atoms with E-state index in [-0.39, 0.29) is 5.28 Å². The van der Waals surface area contributed by atoms with Crippen LogP contribution in [0.15, 0.2) is 29.0 Å². The summed E-state index contributed by atoms with van der Waals surface area (Å²) in [7, 11) is -1.12. The van der Waals surface area contributed by atoms with Gasteiger partial charge in [-0.2, -0.15) is 0 Å². The van der Waals surface area contributed by atoms with Crippen LogP contribution in [0.5, 0.6) is 0 Å². The molecule has 2 aromatic heterocycles. The van der Waals surface area contributed by atoms with Crippen molar-refractivity contribution in [2.24, 2.45) is 0 Å². The van der Waals surface area contributed by atoms with E-state index < -0.39 is 8.07 Å². The Balaban J connectivity index is 2.03. The van der Waals surface area contributed by atoms with Crippen LogP contribution in [0.25, 0.3) is 22.2 Å². The first-order valence-electron chi connectivity index (χ1n) is 8.71. The number of aryl methyl sites for hydroxylation is 1. The minimum absolute atomic E-state index is 0.176. The van der Waals surface area contributed by atoms with Crippen molar-refractivity contribution in [1.29, 1.82) is 0 Å². The summed E-state index contributed by atoms with van der Waals surface area (Å²) in [5.74, 6) is 0. The maximum Gasteiger partial charge on any atom is 0.222 e. The van der Waals surface area contributed by atoms with E-state index in [0.717, 1.165) is 39.2 Å². The molecule has 0 bridgehead atoms. The molecule has 0 spiro atoms. The molecule has 0 amide bonds. The maximum atomic E-state index is 6.36. The van der Waals surface area contributed by atoms with Crippen molar-refractivity contribution in [3.63, 3.8) is 0 Å². The van der Waals surface area contributed by atoms with Gasteiger partial charge in [-0.3, -0.25) is 0 Å². The van der Waals surface area contributed by atoms with E-state index in [9.17, 15) is 0 Å². The van der Waals surface area contributed by atoms with E-state index in [0.29, 0.717) is 17.4 Å². The van der Waals surface area contributed by atoms with E-state index in [1.165, 1.54) is 6.20 Å². The highest BCUT2D eigenvalue weighted by Crippen LogP contribution is 2.37. The Morgan fingerprint density at radius 2 is 1.96 bits per heavy atom. The average Bonchev–Trinajstić information content (AvgIpc) is 2.95. The lowest BCUT2D eigenvalue weighted by Gasteiger charge is -2.16. The fourth-order valence-electron chi connectivity index (χ4n) is 2.92. The van der Waals surface area contributed by atoms with Gasteiger partial charge >= 0.3 is 0 Å². The summed E-state index contributed by atoms with van der Waals surface area (Å²) in [6.45, 7) is 10.4. The van der Waals surface area contributed by atoms with Gasteiger partial charge in [-0.25, -0.2) is 9.97 Å². The predicted molar refractivity (Wildman–Crippen MR) is 120 cm³/mol. The Morgan fingerprint density at radius 3 is 2.67 bits per heavy atom. The van der Waals surface area contributed by atoms with Gasteiger partial charge in [-0.1, -0.05) is 53.2 Å². The van der Waals surface area contributed by atoms with Crippen molar-refractivity contribution in [3.05, 3.63) is 44.9 Å². The lowest BCUT2D eigenvalue weighted by atomic mass is 10.1. The molecule has 27 heavy (non-hydrogen) atoms. The molecule has 3 rings (SSSR count). The van der Waals surface area contributed by atoms with Crippen molar-refractivity contribution in [2.45, 2.75) is 39.3 Å². The zero-order valence-corrected chi connectivity index (χ0v) is 19.9. The van der Waals surface area contributed by atoms with Gasteiger partial charge in [0.05, 0.1) is 22.4 Å². The molecule has 4 nitrogen and oxygen atoms in total. The predicted octanol–water partition coefficient (Wildman–Crippen LogP) is 6.79. The molecule has 3 aromatic rings. The number of ether oxygens (including phenoxy) is 1. The summed E-state index contributed by atoms with van der Waals surface area (Å²) in [6.07, 6.45) is 3.56. The van der Waals surface area contributed by atoms with Crippen molar-refractivity contribution < 1.29 is 4.74 Å². The molecular weight excluding hydrogens is 465 g/mol. The van der Waals surface area contributed by atoms with Gasteiger partial charge in [0, 0.05) is 36.3 Å². The number of nitrogens with zero attached hydrogens (tertiary/aromatic N) is 3. The third kappa shape index (κ3) is 4.74. The second-order valence-corrected chi connectivity index (χ2v) is 15.0. The van der Waals surface area contributed by atoms with E-state index in [1.807, 2.05) is 12.3 Å². The van der Waals surface area contributed by atoms with Gasteiger partial charge < -0.3 is 9.30 Å². The first kappa shape index (κ1) is 20.8. The number of hydrogen-bond donors (Lipinski definition) is 0. The minimum atomic E-state index is -1.12. The molecule has 0 saturated heterocycles. The number of benzene rings is 1. The van der Waals surface area contributed by atoms with E-state index in [2.05, 4.69) is 63.1 Å². The summed E-state index contributed by atoms with van der Waals surface area (Å²) in [5.41, 5.74) is 3.79. The highest BCUT2D eigenvalue weighted by Gasteiger charge is 2.18. The molecule has 8 heteroatoms. The van der Waals surface area contributed by atoms with Gasteiger partial charge in [-0.05, 0) is 36.2 Å². The van der Waals surface area contributed by atoms with Crippen LogP contribution in [0.1, 0.15) is 5.56 Å². The van der Waals surface area contributed by atoms with Crippen LogP contribution in [0.2, 0.25) is 36.0 Å². The summed E-state index contributed by atoms with van der Waals surface area (Å²) >= 11 is 16.0. The fourth-order valence-corrected chi connectivity index (χ4v) is 4.32. The Bertz CT molecular complexity index is 985. The first-order valence-corrected chi connectivity index (χ1v) is 14.0. The molecule has 0 aliphatic carbocycles. The van der Waals surface area contributed by atoms with Gasteiger partial charge in [0.1, 0.15) is 6.73 Å². The van der Waals surface area contributed by atoms with Crippen molar-refractivity contribution >= 4 is 58.1 Å². The van der Waals surface area contributed by atoms with Crippen LogP contribution in [0, 0.1) is 6.92 Å². The third-order valence-electron chi connectivity index (χ3n) is 4.42. The van der Waals surface area contributed by atoms with Crippen molar-refractivity contribution in [1.82, 2.24) is 14.5 Å². The molecular formula is C19H22BrCl2N3OSi. The molecule has 0 unspecified atom stereocenters. The smallest absolute Gasteiger partial charge is 0.222 e. The third-order valence-corrected chi connectivity index (χ3v) is 7.45. The van der Waals surface area contributed by atoms with Gasteiger partial charge in [0.15, 0.2) is 0 Å². The summed E-state index contributed by atoms with van der Waals surface area (Å²) in [6, 6.07) is 5.23. The molecule has 2 heterocycles. The van der Waals surface area contributed by atoms with Gasteiger partial charge in [-0.15, -0.1) is 0 Å². The monoisotopic (exact) mass is 485 g/mol. The molecule has 0 aliphatic heterocycles. The Labute approximate surface area is 179 Å². The molecule has 0 aliphatic rings. The number of rotatable bonds is 6. The van der Waals surface area contributed by atoms with Crippen LogP contribution in [0.3, 0.4) is 0 Å². The topological polar surface area (TPSA) is 39.9 Å². The highest BCUT2D eigenvalue weighted by molar-refractivity contribution is 9.10. The molecule has 0 saturated carbocycles. The SMILES string of the molecule is Cc1c(Br)ccc2c(-c3nc(Cl)ncc3Cl)cn(COCC[Si](C)(C)C)c12. The van der Waals surface area contributed by atoms with E-state index >= 15 is 0 Å². The number of hydrogen-bond acceptors (Lipinski definition) is 3. The maximum absolute atomic E-state index is 6.36. The standard InChI is InChI=1S/C19H22BrCl2N3OSi/c1-12-15(20)6-5-13-14(17-16(21)9-23-19(22)24-17)10-25(18(12)13)11-26-7-8-27(2,3)4/h5-6,9-10H,7-8,11H2,1-4H3. The van der Waals surface area contributed by atoms with E-state index in [1.54, 1.807) is 0 Å². The van der Waals surface area contributed by atoms with Crippen LogP contribution < -0.4 is 0 Å². The lowest BCUT2D eigenvalue weighted by Crippen LogP contribution is -2.22. The second kappa shape index (κ2) is 8.21. The number of aromatic nitrogens is 3. The van der Waals surface area contributed by atoms with Crippen LogP contribution in [-0.2, 0) is 11.5 Å². The van der Waals surface area contributed by atoms with E-state index in [4.69, 9.17) is 27.9 Å². The fraction of sp³-hybridized carbons (Fsp3) is 0.368. The second-order valence-electron chi connectivity index (χ2n) is 7.76. The highest BCUT2D eigenvalue weighted by atomic mass is 79.9. The largest absolute Gasteiger partial charge is 0.361 e. The van der Waals surface area contributed by atoms with Crippen molar-refractivity contribution in [2.75, 3.05) is 6.61 Å². The van der Waals surface area contributed by atoms with Crippen LogP contribution in [-0.4, -0.2) is 29.2 Å². The summed E-state index contributed by atoms with van der Waals surface area (Å²) in [4.78, 5) is 8.30. The van der Waals surface area contributed by atoms with Crippen molar-refractivity contribution in [3.8, 4) is 11.3 Å². The lowest BCUT2D eigenvalue weighted by molar-refractivity contribution is 0.0902.